The van der Waals surface area contributed by atoms with Gasteiger partial charge in [-0.3, -0.25) is 0 Å². The zero-order valence-corrected chi connectivity index (χ0v) is 12.8. The van der Waals surface area contributed by atoms with E-state index in [-0.39, 0.29) is 0 Å². The Morgan fingerprint density at radius 1 is 1.10 bits per heavy atom. The van der Waals surface area contributed by atoms with Gasteiger partial charge >= 0.3 is 11.3 Å². The number of halogens is 1. The molecule has 0 aliphatic rings. The number of rotatable bonds is 3. The van der Waals surface area contributed by atoms with Gasteiger partial charge in [0.05, 0.1) is 18.2 Å². The molecule has 0 saturated heterocycles. The fraction of sp³-hybridized carbons (Fsp3) is 0.167. The average Bonchev–Trinajstić information content (AvgIpc) is 2.50. The molecule has 0 fully saturated rings. The molecule has 0 N–H and O–H groups in total. The smallest absolute Gasteiger partial charge is 0.364 e. The third kappa shape index (κ3) is 2.72. The first kappa shape index (κ1) is 13.9. The van der Waals surface area contributed by atoms with E-state index >= 15 is 0 Å². The fourth-order valence-electron chi connectivity index (χ4n) is 2.30. The summed E-state index contributed by atoms with van der Waals surface area (Å²) in [6.45, 7) is 4.53. The van der Waals surface area contributed by atoms with Gasteiger partial charge in [-0.25, -0.2) is 4.42 Å². The van der Waals surface area contributed by atoms with Crippen LogP contribution in [0.4, 0.5) is 0 Å². The van der Waals surface area contributed by atoms with Crippen molar-refractivity contribution in [3.05, 3.63) is 59.1 Å². The van der Waals surface area contributed by atoms with Gasteiger partial charge in [-0.05, 0) is 37.6 Å². The average molecular weight is 300 g/mol. The lowest BCUT2D eigenvalue weighted by atomic mass is 10.1. The third-order valence-corrected chi connectivity index (χ3v) is 3.77. The summed E-state index contributed by atoms with van der Waals surface area (Å²) in [5.41, 5.74) is 2.79. The maximum absolute atomic E-state index is 6.22. The zero-order chi connectivity index (χ0) is 14.8. The molecular formula is C18H16ClO2+. The molecule has 0 bridgehead atoms. The van der Waals surface area contributed by atoms with Crippen molar-refractivity contribution in [3.63, 3.8) is 0 Å². The van der Waals surface area contributed by atoms with Crippen LogP contribution >= 0.6 is 11.6 Å². The fourth-order valence-corrected chi connectivity index (χ4v) is 2.46. The molecule has 3 aromatic rings. The van der Waals surface area contributed by atoms with Gasteiger partial charge in [0.2, 0.25) is 0 Å². The van der Waals surface area contributed by atoms with E-state index in [0.29, 0.717) is 11.6 Å². The topological polar surface area (TPSA) is 20.5 Å². The van der Waals surface area contributed by atoms with Crippen LogP contribution in [0.2, 0.25) is 5.02 Å². The summed E-state index contributed by atoms with van der Waals surface area (Å²) in [5, 5.41) is 1.61. The predicted octanol–water partition coefficient (Wildman–Crippen LogP) is 5.74. The van der Waals surface area contributed by atoms with Crippen LogP contribution < -0.4 is 4.74 Å². The standard InChI is InChI=1S/C18H16ClO2/c1-3-20-17-11-16(13-7-5-4-6-8-13)21-18-9-12(2)15(19)10-14(17)18/h4-11H,3H2,1-2H3/q+1. The van der Waals surface area contributed by atoms with E-state index < -0.39 is 0 Å². The van der Waals surface area contributed by atoms with Crippen molar-refractivity contribution < 1.29 is 9.15 Å². The SMILES string of the molecule is CCOc1cc(-c2ccccc2)[o+]c2cc(C)c(Cl)cc12. The Morgan fingerprint density at radius 3 is 2.57 bits per heavy atom. The van der Waals surface area contributed by atoms with Crippen LogP contribution in [0.3, 0.4) is 0 Å². The second-order valence-electron chi connectivity index (χ2n) is 4.87. The highest BCUT2D eigenvalue weighted by Crippen LogP contribution is 2.35. The Kier molecular flexibility index (Phi) is 3.80. The number of fused-ring (bicyclic) bond motifs is 1. The Morgan fingerprint density at radius 2 is 1.86 bits per heavy atom. The maximum atomic E-state index is 6.22. The maximum Gasteiger partial charge on any atom is 0.364 e. The van der Waals surface area contributed by atoms with Crippen LogP contribution in [0.1, 0.15) is 12.5 Å². The van der Waals surface area contributed by atoms with Crippen molar-refractivity contribution in [1.29, 1.82) is 0 Å². The second-order valence-corrected chi connectivity index (χ2v) is 5.28. The lowest BCUT2D eigenvalue weighted by Gasteiger charge is -2.05. The molecule has 3 heteroatoms. The number of aryl methyl sites for hydroxylation is 1. The van der Waals surface area contributed by atoms with Crippen molar-refractivity contribution in [2.75, 3.05) is 6.61 Å². The van der Waals surface area contributed by atoms with Gasteiger partial charge in [-0.15, -0.1) is 0 Å². The van der Waals surface area contributed by atoms with E-state index in [4.69, 9.17) is 20.8 Å². The molecule has 0 saturated carbocycles. The monoisotopic (exact) mass is 299 g/mol. The first-order valence-electron chi connectivity index (χ1n) is 6.94. The van der Waals surface area contributed by atoms with Gasteiger partial charge in [0.1, 0.15) is 11.1 Å². The van der Waals surface area contributed by atoms with Gasteiger partial charge in [0.15, 0.2) is 0 Å². The summed E-state index contributed by atoms with van der Waals surface area (Å²) in [4.78, 5) is 0. The summed E-state index contributed by atoms with van der Waals surface area (Å²) in [6, 6.07) is 15.8. The number of hydrogen-bond acceptors (Lipinski definition) is 1. The molecule has 2 nitrogen and oxygen atoms in total. The summed E-state index contributed by atoms with van der Waals surface area (Å²) >= 11 is 6.22. The molecule has 0 radical (unpaired) electrons. The molecule has 2 aromatic carbocycles. The summed E-state index contributed by atoms with van der Waals surface area (Å²) in [5.74, 6) is 1.58. The van der Waals surface area contributed by atoms with Crippen molar-refractivity contribution >= 4 is 22.6 Å². The third-order valence-electron chi connectivity index (χ3n) is 3.37. The van der Waals surface area contributed by atoms with Crippen LogP contribution in [-0.2, 0) is 0 Å². The lowest BCUT2D eigenvalue weighted by molar-refractivity contribution is 0.342. The molecule has 0 atom stereocenters. The van der Waals surface area contributed by atoms with Crippen LogP contribution in [0.15, 0.2) is 52.9 Å². The van der Waals surface area contributed by atoms with Gasteiger partial charge in [-0.1, -0.05) is 29.8 Å². The van der Waals surface area contributed by atoms with Crippen molar-refractivity contribution in [1.82, 2.24) is 0 Å². The molecule has 1 heterocycles. The predicted molar refractivity (Wildman–Crippen MR) is 87.0 cm³/mol. The van der Waals surface area contributed by atoms with E-state index in [9.17, 15) is 0 Å². The largest absolute Gasteiger partial charge is 0.493 e. The molecule has 0 unspecified atom stereocenters. The highest BCUT2D eigenvalue weighted by molar-refractivity contribution is 6.32. The van der Waals surface area contributed by atoms with Gasteiger partial charge in [0, 0.05) is 11.1 Å². The summed E-state index contributed by atoms with van der Waals surface area (Å²) in [7, 11) is 0. The van der Waals surface area contributed by atoms with Crippen molar-refractivity contribution in [2.24, 2.45) is 0 Å². The highest BCUT2D eigenvalue weighted by Gasteiger charge is 2.21. The van der Waals surface area contributed by atoms with Crippen molar-refractivity contribution in [3.8, 4) is 17.1 Å². The van der Waals surface area contributed by atoms with Crippen LogP contribution in [0.5, 0.6) is 5.75 Å². The first-order chi connectivity index (χ1) is 10.2. The van der Waals surface area contributed by atoms with Gasteiger partial charge in [-0.2, -0.15) is 0 Å². The highest BCUT2D eigenvalue weighted by atomic mass is 35.5. The number of benzene rings is 2. The molecule has 0 amide bonds. The molecule has 0 aliphatic carbocycles. The summed E-state index contributed by atoms with van der Waals surface area (Å²) in [6.07, 6.45) is 0. The molecule has 1 aromatic heterocycles. The van der Waals surface area contributed by atoms with Gasteiger partial charge < -0.3 is 4.74 Å². The van der Waals surface area contributed by atoms with Gasteiger partial charge in [0.25, 0.3) is 0 Å². The molecular weight excluding hydrogens is 284 g/mol. The minimum atomic E-state index is 0.596. The minimum Gasteiger partial charge on any atom is -0.493 e. The van der Waals surface area contributed by atoms with Crippen LogP contribution in [-0.4, -0.2) is 6.61 Å². The molecule has 21 heavy (non-hydrogen) atoms. The molecule has 0 aliphatic heterocycles. The minimum absolute atomic E-state index is 0.596. The molecule has 3 rings (SSSR count). The Balaban J connectivity index is 2.26. The zero-order valence-electron chi connectivity index (χ0n) is 12.0. The van der Waals surface area contributed by atoms with Crippen LogP contribution in [0.25, 0.3) is 22.3 Å². The van der Waals surface area contributed by atoms with Crippen molar-refractivity contribution in [2.45, 2.75) is 13.8 Å². The lowest BCUT2D eigenvalue weighted by Crippen LogP contribution is -1.94. The van der Waals surface area contributed by atoms with E-state index in [1.165, 1.54) is 0 Å². The second kappa shape index (κ2) is 5.74. The molecule has 0 spiro atoms. The Hall–Kier alpha value is -2.06. The van der Waals surface area contributed by atoms with E-state index in [1.807, 2.05) is 62.4 Å². The number of hydrogen-bond donors (Lipinski definition) is 0. The normalized spacial score (nSPS) is 10.8. The van der Waals surface area contributed by atoms with E-state index in [1.54, 1.807) is 0 Å². The van der Waals surface area contributed by atoms with E-state index in [2.05, 4.69) is 0 Å². The quantitative estimate of drug-likeness (QED) is 0.575. The Labute approximate surface area is 128 Å². The van der Waals surface area contributed by atoms with Crippen LogP contribution in [0, 0.1) is 6.92 Å². The molecule has 106 valence electrons. The Bertz CT molecular complexity index is 782. The first-order valence-corrected chi connectivity index (χ1v) is 7.32. The number of ether oxygens (including phenoxy) is 1. The summed E-state index contributed by atoms with van der Waals surface area (Å²) < 4.78 is 11.8. The van der Waals surface area contributed by atoms with E-state index in [0.717, 1.165) is 33.6 Å².